The summed E-state index contributed by atoms with van der Waals surface area (Å²) in [6.07, 6.45) is 0. The Morgan fingerprint density at radius 1 is 1.15 bits per heavy atom. The molecular formula is C19H14ClNO5. The summed E-state index contributed by atoms with van der Waals surface area (Å²) in [6, 6.07) is 12.7. The van der Waals surface area contributed by atoms with Crippen LogP contribution in [0, 0.1) is 6.92 Å². The van der Waals surface area contributed by atoms with Gasteiger partial charge < -0.3 is 14.5 Å². The smallest absolute Gasteiger partial charge is 0.374 e. The molecule has 0 atom stereocenters. The maximum atomic E-state index is 12.1. The molecule has 1 aromatic heterocycles. The number of amides is 1. The highest BCUT2D eigenvalue weighted by atomic mass is 35.5. The van der Waals surface area contributed by atoms with Crippen LogP contribution < -0.4 is 10.7 Å². The molecule has 0 unspecified atom stereocenters. The van der Waals surface area contributed by atoms with Crippen molar-refractivity contribution >= 4 is 40.1 Å². The summed E-state index contributed by atoms with van der Waals surface area (Å²) >= 11 is 5.84. The summed E-state index contributed by atoms with van der Waals surface area (Å²) in [5.74, 6) is -1.69. The number of halogens is 1. The number of carbonyl (C=O) groups is 2. The SMILES string of the molecule is Cc1cccc(NC(=O)COC(=O)c2cc(=O)c3cc(Cl)ccc3o2)c1. The van der Waals surface area contributed by atoms with Gasteiger partial charge in [0.05, 0.1) is 5.39 Å². The zero-order valence-electron chi connectivity index (χ0n) is 13.7. The van der Waals surface area contributed by atoms with E-state index in [1.165, 1.54) is 18.2 Å². The standard InChI is InChI=1S/C19H14ClNO5/c1-11-3-2-4-13(7-11)21-18(23)10-25-19(24)17-9-15(22)14-8-12(20)5-6-16(14)26-17/h2-9H,10H2,1H3,(H,21,23). The molecule has 1 N–H and O–H groups in total. The minimum atomic E-state index is -0.904. The molecule has 1 amide bonds. The monoisotopic (exact) mass is 371 g/mol. The van der Waals surface area contributed by atoms with Gasteiger partial charge in [0.15, 0.2) is 12.0 Å². The van der Waals surface area contributed by atoms with Gasteiger partial charge in [-0.2, -0.15) is 0 Å². The molecule has 0 saturated heterocycles. The second-order valence-electron chi connectivity index (χ2n) is 5.61. The van der Waals surface area contributed by atoms with Crippen LogP contribution in [0.1, 0.15) is 16.1 Å². The molecule has 0 aliphatic rings. The van der Waals surface area contributed by atoms with E-state index in [0.29, 0.717) is 10.7 Å². The predicted octanol–water partition coefficient (Wildman–Crippen LogP) is 3.55. The number of carbonyl (C=O) groups excluding carboxylic acids is 2. The lowest BCUT2D eigenvalue weighted by atomic mass is 10.2. The third kappa shape index (κ3) is 4.10. The van der Waals surface area contributed by atoms with E-state index in [2.05, 4.69) is 5.32 Å². The van der Waals surface area contributed by atoms with E-state index in [4.69, 9.17) is 20.8 Å². The second-order valence-corrected chi connectivity index (χ2v) is 6.05. The van der Waals surface area contributed by atoms with Crippen LogP contribution in [-0.2, 0) is 9.53 Å². The van der Waals surface area contributed by atoms with Crippen LogP contribution in [-0.4, -0.2) is 18.5 Å². The number of fused-ring (bicyclic) bond motifs is 1. The first kappa shape index (κ1) is 17.7. The molecule has 0 aliphatic carbocycles. The summed E-state index contributed by atoms with van der Waals surface area (Å²) < 4.78 is 10.3. The van der Waals surface area contributed by atoms with Gasteiger partial charge >= 0.3 is 5.97 Å². The number of hydrogen-bond donors (Lipinski definition) is 1. The second kappa shape index (κ2) is 7.41. The van der Waals surface area contributed by atoms with Crippen LogP contribution in [0.3, 0.4) is 0 Å². The van der Waals surface area contributed by atoms with Crippen molar-refractivity contribution in [3.05, 3.63) is 75.1 Å². The average Bonchev–Trinajstić information content (AvgIpc) is 2.60. The number of aryl methyl sites for hydroxylation is 1. The molecule has 0 aliphatic heterocycles. The summed E-state index contributed by atoms with van der Waals surface area (Å²) in [6.45, 7) is 1.39. The molecule has 3 aromatic rings. The molecule has 26 heavy (non-hydrogen) atoms. The van der Waals surface area contributed by atoms with E-state index >= 15 is 0 Å². The minimum absolute atomic E-state index is 0.207. The van der Waals surface area contributed by atoms with Crippen molar-refractivity contribution in [3.63, 3.8) is 0 Å². The molecular weight excluding hydrogens is 358 g/mol. The van der Waals surface area contributed by atoms with Gasteiger partial charge in [0.25, 0.3) is 5.91 Å². The Bertz CT molecular complexity index is 1060. The quantitative estimate of drug-likeness (QED) is 0.709. The Balaban J connectivity index is 1.68. The number of ether oxygens (including phenoxy) is 1. The normalized spacial score (nSPS) is 10.5. The first-order valence-electron chi connectivity index (χ1n) is 7.69. The largest absolute Gasteiger partial charge is 0.450 e. The Labute approximate surface area is 153 Å². The van der Waals surface area contributed by atoms with E-state index < -0.39 is 23.9 Å². The number of esters is 1. The molecule has 3 rings (SSSR count). The molecule has 6 nitrogen and oxygen atoms in total. The minimum Gasteiger partial charge on any atom is -0.450 e. The number of rotatable bonds is 4. The fraction of sp³-hybridized carbons (Fsp3) is 0.105. The molecule has 0 spiro atoms. The van der Waals surface area contributed by atoms with Gasteiger partial charge in [-0.15, -0.1) is 0 Å². The van der Waals surface area contributed by atoms with Gasteiger partial charge in [0, 0.05) is 16.8 Å². The highest BCUT2D eigenvalue weighted by molar-refractivity contribution is 6.31. The zero-order chi connectivity index (χ0) is 18.7. The Hall–Kier alpha value is -3.12. The molecule has 2 aromatic carbocycles. The van der Waals surface area contributed by atoms with Gasteiger partial charge in [0.1, 0.15) is 5.58 Å². The van der Waals surface area contributed by atoms with Gasteiger partial charge in [0.2, 0.25) is 5.76 Å². The summed E-state index contributed by atoms with van der Waals surface area (Å²) in [7, 11) is 0. The van der Waals surface area contributed by atoms with Crippen LogP contribution >= 0.6 is 11.6 Å². The molecule has 0 radical (unpaired) electrons. The number of nitrogens with one attached hydrogen (secondary N) is 1. The Morgan fingerprint density at radius 3 is 2.73 bits per heavy atom. The summed E-state index contributed by atoms with van der Waals surface area (Å²) in [5.41, 5.74) is 1.36. The van der Waals surface area contributed by atoms with Crippen molar-refractivity contribution in [1.82, 2.24) is 0 Å². The first-order chi connectivity index (χ1) is 12.4. The van der Waals surface area contributed by atoms with Crippen molar-refractivity contribution in [1.29, 1.82) is 0 Å². The van der Waals surface area contributed by atoms with Crippen molar-refractivity contribution < 1.29 is 18.7 Å². The molecule has 1 heterocycles. The van der Waals surface area contributed by atoms with Crippen LogP contribution in [0.2, 0.25) is 5.02 Å². The Kier molecular flexibility index (Phi) is 5.04. The molecule has 7 heteroatoms. The van der Waals surface area contributed by atoms with Crippen molar-refractivity contribution in [2.45, 2.75) is 6.92 Å². The predicted molar refractivity (Wildman–Crippen MR) is 97.6 cm³/mol. The van der Waals surface area contributed by atoms with E-state index in [1.807, 2.05) is 13.0 Å². The van der Waals surface area contributed by atoms with Crippen molar-refractivity contribution in [3.8, 4) is 0 Å². The van der Waals surface area contributed by atoms with Gasteiger partial charge in [-0.25, -0.2) is 4.79 Å². The van der Waals surface area contributed by atoms with Gasteiger partial charge in [-0.05, 0) is 42.8 Å². The topological polar surface area (TPSA) is 85.6 Å². The van der Waals surface area contributed by atoms with E-state index in [-0.39, 0.29) is 16.7 Å². The van der Waals surface area contributed by atoms with Crippen LogP contribution in [0.15, 0.2) is 57.7 Å². The van der Waals surface area contributed by atoms with E-state index in [0.717, 1.165) is 11.6 Å². The van der Waals surface area contributed by atoms with Crippen LogP contribution in [0.4, 0.5) is 5.69 Å². The summed E-state index contributed by atoms with van der Waals surface area (Å²) in [5, 5.41) is 3.25. The third-order valence-corrected chi connectivity index (χ3v) is 3.76. The highest BCUT2D eigenvalue weighted by Crippen LogP contribution is 2.18. The molecule has 0 saturated carbocycles. The van der Waals surface area contributed by atoms with Gasteiger partial charge in [-0.1, -0.05) is 23.7 Å². The molecule has 0 fully saturated rings. The van der Waals surface area contributed by atoms with Crippen LogP contribution in [0.25, 0.3) is 11.0 Å². The average molecular weight is 372 g/mol. The highest BCUT2D eigenvalue weighted by Gasteiger charge is 2.16. The maximum Gasteiger partial charge on any atom is 0.374 e. The lowest BCUT2D eigenvalue weighted by Crippen LogP contribution is -2.21. The fourth-order valence-corrected chi connectivity index (χ4v) is 2.52. The first-order valence-corrected chi connectivity index (χ1v) is 8.07. The third-order valence-electron chi connectivity index (χ3n) is 3.53. The molecule has 132 valence electrons. The number of benzene rings is 2. The molecule has 0 bridgehead atoms. The van der Waals surface area contributed by atoms with E-state index in [9.17, 15) is 14.4 Å². The lowest BCUT2D eigenvalue weighted by molar-refractivity contribution is -0.119. The van der Waals surface area contributed by atoms with Crippen molar-refractivity contribution in [2.75, 3.05) is 11.9 Å². The van der Waals surface area contributed by atoms with Gasteiger partial charge in [-0.3, -0.25) is 9.59 Å². The van der Waals surface area contributed by atoms with Crippen LogP contribution in [0.5, 0.6) is 0 Å². The van der Waals surface area contributed by atoms with E-state index in [1.54, 1.807) is 18.2 Å². The Morgan fingerprint density at radius 2 is 1.96 bits per heavy atom. The number of hydrogen-bond acceptors (Lipinski definition) is 5. The zero-order valence-corrected chi connectivity index (χ0v) is 14.5. The van der Waals surface area contributed by atoms with Crippen molar-refractivity contribution in [2.24, 2.45) is 0 Å². The maximum absolute atomic E-state index is 12.1. The summed E-state index contributed by atoms with van der Waals surface area (Å²) in [4.78, 5) is 36.0. The number of anilines is 1. The fourth-order valence-electron chi connectivity index (χ4n) is 2.35. The lowest BCUT2D eigenvalue weighted by Gasteiger charge is -2.07.